The number of aliphatic hydroxyl groups excluding tert-OH is 1. The molecule has 0 saturated carbocycles. The number of nitrogens with one attached hydrogen (secondary N) is 1. The average Bonchev–Trinajstić information content (AvgIpc) is 2.78. The average molecular weight is 281 g/mol. The highest BCUT2D eigenvalue weighted by molar-refractivity contribution is 5.77. The first-order valence-electron chi connectivity index (χ1n) is 7.01. The smallest absolute Gasteiger partial charge is 0.335 e. The third kappa shape index (κ3) is 1.49. The second kappa shape index (κ2) is 4.16. The fourth-order valence-electron chi connectivity index (χ4n) is 3.84. The van der Waals surface area contributed by atoms with Crippen LogP contribution >= 0.6 is 0 Å². The molecule has 2 aromatic carbocycles. The number of rotatable bonds is 2. The molecule has 2 aliphatic rings. The second-order valence-corrected chi connectivity index (χ2v) is 5.69. The van der Waals surface area contributed by atoms with Gasteiger partial charge in [0.05, 0.1) is 0 Å². The molecule has 3 atom stereocenters. The summed E-state index contributed by atoms with van der Waals surface area (Å²) in [7, 11) is 0. The van der Waals surface area contributed by atoms with Crippen LogP contribution in [0.15, 0.2) is 48.5 Å². The fraction of sp³-hybridized carbons (Fsp3) is 0.235. The fourth-order valence-corrected chi connectivity index (χ4v) is 3.84. The summed E-state index contributed by atoms with van der Waals surface area (Å²) in [6.45, 7) is 0. The van der Waals surface area contributed by atoms with Gasteiger partial charge in [-0.3, -0.25) is 5.32 Å². The summed E-state index contributed by atoms with van der Waals surface area (Å²) in [4.78, 5) is 11.5. The van der Waals surface area contributed by atoms with Gasteiger partial charge in [0.2, 0.25) is 0 Å². The molecule has 21 heavy (non-hydrogen) atoms. The summed E-state index contributed by atoms with van der Waals surface area (Å²) in [5.41, 5.74) is 2.85. The van der Waals surface area contributed by atoms with Crippen molar-refractivity contribution in [3.8, 4) is 0 Å². The molecule has 0 amide bonds. The van der Waals surface area contributed by atoms with Gasteiger partial charge in [-0.05, 0) is 28.7 Å². The molecular formula is C17H15NO3. The van der Waals surface area contributed by atoms with E-state index in [1.54, 1.807) is 0 Å². The zero-order valence-corrected chi connectivity index (χ0v) is 11.3. The van der Waals surface area contributed by atoms with Gasteiger partial charge in [-0.2, -0.15) is 0 Å². The Hall–Kier alpha value is -2.17. The molecule has 2 heterocycles. The third-order valence-electron chi connectivity index (χ3n) is 4.67. The molecule has 0 unspecified atom stereocenters. The van der Waals surface area contributed by atoms with Crippen LogP contribution < -0.4 is 5.32 Å². The highest BCUT2D eigenvalue weighted by Crippen LogP contribution is 2.50. The van der Waals surface area contributed by atoms with Crippen LogP contribution in [-0.4, -0.2) is 22.3 Å². The first kappa shape index (κ1) is 12.6. The minimum atomic E-state index is -1.52. The van der Waals surface area contributed by atoms with Crippen molar-refractivity contribution in [3.63, 3.8) is 0 Å². The molecule has 106 valence electrons. The van der Waals surface area contributed by atoms with Crippen molar-refractivity contribution >= 4 is 5.97 Å². The maximum absolute atomic E-state index is 11.5. The Labute approximate surface area is 122 Å². The van der Waals surface area contributed by atoms with E-state index in [4.69, 9.17) is 0 Å². The zero-order valence-electron chi connectivity index (χ0n) is 11.3. The van der Waals surface area contributed by atoms with Crippen molar-refractivity contribution in [2.75, 3.05) is 0 Å². The highest BCUT2D eigenvalue weighted by atomic mass is 16.4. The van der Waals surface area contributed by atoms with Crippen LogP contribution in [0.5, 0.6) is 0 Å². The van der Waals surface area contributed by atoms with Crippen molar-refractivity contribution in [1.82, 2.24) is 5.32 Å². The number of hydrogen-bond donors (Lipinski definition) is 3. The maximum Gasteiger partial charge on any atom is 0.335 e. The molecule has 4 nitrogen and oxygen atoms in total. The monoisotopic (exact) mass is 281 g/mol. The quantitative estimate of drug-likeness (QED) is 0.781. The molecule has 0 spiro atoms. The largest absolute Gasteiger partial charge is 0.479 e. The van der Waals surface area contributed by atoms with E-state index >= 15 is 0 Å². The summed E-state index contributed by atoms with van der Waals surface area (Å²) in [5.74, 6) is -1.21. The molecule has 4 rings (SSSR count). The normalized spacial score (nSPS) is 26.8. The molecule has 2 bridgehead atoms. The second-order valence-electron chi connectivity index (χ2n) is 5.69. The number of fused-ring (bicyclic) bond motifs is 7. The van der Waals surface area contributed by atoms with Gasteiger partial charge in [0.1, 0.15) is 5.54 Å². The Balaban J connectivity index is 2.05. The SMILES string of the molecule is O=C(O)[C@H](O)[C@]12N[C@H](Cc3ccccc31)c1ccccc12. The summed E-state index contributed by atoms with van der Waals surface area (Å²) >= 11 is 0. The van der Waals surface area contributed by atoms with Crippen LogP contribution in [0.25, 0.3) is 0 Å². The van der Waals surface area contributed by atoms with Gasteiger partial charge in [-0.25, -0.2) is 4.79 Å². The van der Waals surface area contributed by atoms with Crippen LogP contribution in [-0.2, 0) is 16.8 Å². The van der Waals surface area contributed by atoms with E-state index in [2.05, 4.69) is 5.32 Å². The Bertz CT molecular complexity index is 729. The van der Waals surface area contributed by atoms with Gasteiger partial charge in [0, 0.05) is 6.04 Å². The summed E-state index contributed by atoms with van der Waals surface area (Å²) < 4.78 is 0. The topological polar surface area (TPSA) is 69.6 Å². The van der Waals surface area contributed by atoms with Gasteiger partial charge in [-0.15, -0.1) is 0 Å². The Kier molecular flexibility index (Phi) is 2.49. The van der Waals surface area contributed by atoms with Crippen LogP contribution in [0.4, 0.5) is 0 Å². The first-order valence-corrected chi connectivity index (χ1v) is 7.01. The first-order chi connectivity index (χ1) is 10.1. The predicted molar refractivity (Wildman–Crippen MR) is 76.9 cm³/mol. The van der Waals surface area contributed by atoms with Crippen molar-refractivity contribution < 1.29 is 15.0 Å². The number of aliphatic carboxylic acids is 1. The number of benzene rings is 2. The van der Waals surface area contributed by atoms with Crippen molar-refractivity contribution in [2.24, 2.45) is 0 Å². The molecule has 0 saturated heterocycles. The number of aliphatic hydroxyl groups is 1. The lowest BCUT2D eigenvalue weighted by molar-refractivity contribution is -0.150. The summed E-state index contributed by atoms with van der Waals surface area (Å²) in [6, 6.07) is 15.6. The molecule has 0 fully saturated rings. The van der Waals surface area contributed by atoms with Gasteiger partial charge in [0.25, 0.3) is 0 Å². The minimum absolute atomic E-state index is 0.0464. The molecule has 4 heteroatoms. The van der Waals surface area contributed by atoms with Gasteiger partial charge in [0.15, 0.2) is 6.10 Å². The molecule has 0 radical (unpaired) electrons. The Morgan fingerprint density at radius 3 is 2.57 bits per heavy atom. The van der Waals surface area contributed by atoms with E-state index in [1.807, 2.05) is 48.5 Å². The summed E-state index contributed by atoms with van der Waals surface area (Å²) in [6.07, 6.45) is -0.716. The van der Waals surface area contributed by atoms with E-state index < -0.39 is 17.6 Å². The minimum Gasteiger partial charge on any atom is -0.479 e. The Morgan fingerprint density at radius 1 is 1.14 bits per heavy atom. The molecule has 0 aromatic heterocycles. The molecular weight excluding hydrogens is 266 g/mol. The van der Waals surface area contributed by atoms with Gasteiger partial charge < -0.3 is 10.2 Å². The molecule has 2 aromatic rings. The van der Waals surface area contributed by atoms with Crippen molar-refractivity contribution in [3.05, 3.63) is 70.8 Å². The van der Waals surface area contributed by atoms with Crippen LogP contribution in [0.1, 0.15) is 28.3 Å². The number of carboxylic acids is 1. The van der Waals surface area contributed by atoms with Crippen LogP contribution in [0.3, 0.4) is 0 Å². The number of carbonyl (C=O) groups is 1. The maximum atomic E-state index is 11.5. The summed E-state index contributed by atoms with van der Waals surface area (Å²) in [5, 5.41) is 23.2. The van der Waals surface area contributed by atoms with Gasteiger partial charge in [-0.1, -0.05) is 48.5 Å². The van der Waals surface area contributed by atoms with E-state index in [-0.39, 0.29) is 6.04 Å². The van der Waals surface area contributed by atoms with Crippen molar-refractivity contribution in [1.29, 1.82) is 0 Å². The lowest BCUT2D eigenvalue weighted by atomic mass is 9.76. The van der Waals surface area contributed by atoms with E-state index in [0.717, 1.165) is 28.7 Å². The van der Waals surface area contributed by atoms with Crippen LogP contribution in [0.2, 0.25) is 0 Å². The third-order valence-corrected chi connectivity index (χ3v) is 4.67. The standard InChI is InChI=1S/C17H15NO3/c19-15(16(20)21)17-12-7-3-1-5-10(12)9-14(18-17)11-6-2-4-8-13(11)17/h1-8,14-15,18-19H,9H2,(H,20,21)/t14-,15+,17+/m1/s1. The van der Waals surface area contributed by atoms with Crippen LogP contribution in [0, 0.1) is 0 Å². The van der Waals surface area contributed by atoms with E-state index in [0.29, 0.717) is 0 Å². The lowest BCUT2D eigenvalue weighted by Crippen LogP contribution is -2.55. The zero-order chi connectivity index (χ0) is 14.6. The highest BCUT2D eigenvalue weighted by Gasteiger charge is 2.55. The lowest BCUT2D eigenvalue weighted by Gasteiger charge is -2.39. The number of hydrogen-bond acceptors (Lipinski definition) is 3. The van der Waals surface area contributed by atoms with E-state index in [9.17, 15) is 15.0 Å². The predicted octanol–water partition coefficient (Wildman–Crippen LogP) is 1.58. The molecule has 0 aliphatic carbocycles. The van der Waals surface area contributed by atoms with Crippen molar-refractivity contribution in [2.45, 2.75) is 24.1 Å². The Morgan fingerprint density at radius 2 is 1.81 bits per heavy atom. The van der Waals surface area contributed by atoms with E-state index in [1.165, 1.54) is 0 Å². The van der Waals surface area contributed by atoms with Gasteiger partial charge >= 0.3 is 5.97 Å². The molecule has 2 aliphatic heterocycles. The number of carboxylic acid groups (broad SMARTS) is 1. The molecule has 3 N–H and O–H groups in total.